The van der Waals surface area contributed by atoms with E-state index in [0.29, 0.717) is 30.2 Å². The maximum absolute atomic E-state index is 13.2. The minimum Gasteiger partial charge on any atom is -0.457 e. The van der Waals surface area contributed by atoms with Gasteiger partial charge in [-0.15, -0.1) is 12.4 Å². The summed E-state index contributed by atoms with van der Waals surface area (Å²) >= 11 is 0. The molecule has 2 aromatic carbocycles. The number of ether oxygens (including phenoxy) is 2. The van der Waals surface area contributed by atoms with Crippen molar-refractivity contribution in [3.63, 3.8) is 0 Å². The average Bonchev–Trinajstić information content (AvgIpc) is 3.18. The van der Waals surface area contributed by atoms with Gasteiger partial charge in [0.25, 0.3) is 5.91 Å². The number of methoxy groups -OCH3 is 1. The van der Waals surface area contributed by atoms with Gasteiger partial charge in [0.05, 0.1) is 12.2 Å². The highest BCUT2D eigenvalue weighted by Crippen LogP contribution is 2.27. The minimum atomic E-state index is -0.0164. The molecular formula is C20H25ClN2O3. The molecule has 1 aliphatic heterocycles. The highest BCUT2D eigenvalue weighted by atomic mass is 35.5. The normalized spacial score (nSPS) is 16.0. The van der Waals surface area contributed by atoms with Crippen LogP contribution in [-0.2, 0) is 4.74 Å². The van der Waals surface area contributed by atoms with Crippen molar-refractivity contribution in [2.45, 2.75) is 12.5 Å². The summed E-state index contributed by atoms with van der Waals surface area (Å²) < 4.78 is 11.2. The summed E-state index contributed by atoms with van der Waals surface area (Å²) in [6.45, 7) is 2.84. The highest BCUT2D eigenvalue weighted by Gasteiger charge is 2.28. The van der Waals surface area contributed by atoms with E-state index in [9.17, 15) is 4.79 Å². The van der Waals surface area contributed by atoms with E-state index in [-0.39, 0.29) is 24.4 Å². The van der Waals surface area contributed by atoms with Crippen LogP contribution in [0.5, 0.6) is 11.5 Å². The molecule has 1 heterocycles. The molecular weight excluding hydrogens is 352 g/mol. The Morgan fingerprint density at radius 2 is 1.88 bits per heavy atom. The van der Waals surface area contributed by atoms with Gasteiger partial charge in [0.1, 0.15) is 11.5 Å². The van der Waals surface area contributed by atoms with E-state index in [1.54, 1.807) is 7.11 Å². The van der Waals surface area contributed by atoms with E-state index in [0.717, 1.165) is 19.5 Å². The van der Waals surface area contributed by atoms with E-state index in [4.69, 9.17) is 9.47 Å². The van der Waals surface area contributed by atoms with Crippen molar-refractivity contribution in [1.82, 2.24) is 10.2 Å². The molecule has 1 fully saturated rings. The summed E-state index contributed by atoms with van der Waals surface area (Å²) in [5.74, 6) is 1.28. The van der Waals surface area contributed by atoms with Crippen LogP contribution < -0.4 is 10.1 Å². The number of amides is 1. The first kappa shape index (κ1) is 20.2. The van der Waals surface area contributed by atoms with Gasteiger partial charge in [0.2, 0.25) is 0 Å². The average molecular weight is 377 g/mol. The first-order valence-electron chi connectivity index (χ1n) is 8.62. The van der Waals surface area contributed by atoms with E-state index in [1.165, 1.54) is 0 Å². The van der Waals surface area contributed by atoms with Gasteiger partial charge in [-0.05, 0) is 37.2 Å². The number of nitrogens with one attached hydrogen (secondary N) is 1. The topological polar surface area (TPSA) is 50.8 Å². The number of hydrogen-bond donors (Lipinski definition) is 1. The number of benzene rings is 2. The molecule has 140 valence electrons. The lowest BCUT2D eigenvalue weighted by molar-refractivity contribution is 0.0616. The second-order valence-electron chi connectivity index (χ2n) is 6.05. The zero-order chi connectivity index (χ0) is 17.5. The SMILES string of the molecule is COCCN(C(=O)c1ccccc1Oc1ccccc1)[C@H]1CCNC1.Cl. The van der Waals surface area contributed by atoms with Crippen molar-refractivity contribution in [3.8, 4) is 11.5 Å². The number of nitrogens with zero attached hydrogens (tertiary/aromatic N) is 1. The van der Waals surface area contributed by atoms with Crippen LogP contribution in [0, 0.1) is 0 Å². The molecule has 0 radical (unpaired) electrons. The molecule has 0 spiro atoms. The van der Waals surface area contributed by atoms with Crippen LogP contribution in [0.4, 0.5) is 0 Å². The summed E-state index contributed by atoms with van der Waals surface area (Å²) in [7, 11) is 1.65. The Bertz CT molecular complexity index is 690. The van der Waals surface area contributed by atoms with E-state index < -0.39 is 0 Å². The third kappa shape index (κ3) is 4.97. The smallest absolute Gasteiger partial charge is 0.258 e. The maximum Gasteiger partial charge on any atom is 0.258 e. The van der Waals surface area contributed by atoms with Gasteiger partial charge >= 0.3 is 0 Å². The van der Waals surface area contributed by atoms with Gasteiger partial charge in [0, 0.05) is 26.2 Å². The number of hydrogen-bond acceptors (Lipinski definition) is 4. The fourth-order valence-corrected chi connectivity index (χ4v) is 3.05. The van der Waals surface area contributed by atoms with E-state index in [2.05, 4.69) is 5.32 Å². The van der Waals surface area contributed by atoms with Crippen LogP contribution in [0.2, 0.25) is 0 Å². The summed E-state index contributed by atoms with van der Waals surface area (Å²) in [6, 6.07) is 17.1. The molecule has 0 bridgehead atoms. The summed E-state index contributed by atoms with van der Waals surface area (Å²) in [6.07, 6.45) is 0.956. The van der Waals surface area contributed by atoms with Crippen LogP contribution >= 0.6 is 12.4 Å². The van der Waals surface area contributed by atoms with Crippen molar-refractivity contribution in [2.24, 2.45) is 0 Å². The first-order chi connectivity index (χ1) is 12.3. The molecule has 5 nitrogen and oxygen atoms in total. The largest absolute Gasteiger partial charge is 0.457 e. The van der Waals surface area contributed by atoms with Gasteiger partial charge in [-0.1, -0.05) is 30.3 Å². The Morgan fingerprint density at radius 3 is 2.58 bits per heavy atom. The molecule has 1 amide bonds. The second kappa shape index (κ2) is 10.2. The predicted molar refractivity (Wildman–Crippen MR) is 104 cm³/mol. The van der Waals surface area contributed by atoms with Crippen molar-refractivity contribution < 1.29 is 14.3 Å². The van der Waals surface area contributed by atoms with Crippen LogP contribution in [0.1, 0.15) is 16.8 Å². The van der Waals surface area contributed by atoms with Crippen LogP contribution in [0.3, 0.4) is 0 Å². The van der Waals surface area contributed by atoms with Crippen LogP contribution in [0.25, 0.3) is 0 Å². The number of para-hydroxylation sites is 2. The molecule has 0 aromatic heterocycles. The molecule has 1 saturated heterocycles. The van der Waals surface area contributed by atoms with Crippen LogP contribution in [0.15, 0.2) is 54.6 Å². The second-order valence-corrected chi connectivity index (χ2v) is 6.05. The third-order valence-corrected chi connectivity index (χ3v) is 4.36. The zero-order valence-electron chi connectivity index (χ0n) is 14.9. The van der Waals surface area contributed by atoms with Crippen molar-refractivity contribution >= 4 is 18.3 Å². The Balaban J connectivity index is 0.00000243. The Morgan fingerprint density at radius 1 is 1.15 bits per heavy atom. The highest BCUT2D eigenvalue weighted by molar-refractivity contribution is 5.97. The molecule has 0 aliphatic carbocycles. The molecule has 3 rings (SSSR count). The number of rotatable bonds is 7. The van der Waals surface area contributed by atoms with Crippen molar-refractivity contribution in [2.75, 3.05) is 33.4 Å². The lowest BCUT2D eigenvalue weighted by Gasteiger charge is -2.29. The Hall–Kier alpha value is -2.08. The van der Waals surface area contributed by atoms with Gasteiger partial charge in [-0.2, -0.15) is 0 Å². The fraction of sp³-hybridized carbons (Fsp3) is 0.350. The number of carbonyl (C=O) groups is 1. The standard InChI is InChI=1S/C20H24N2O3.ClH/c1-24-14-13-22(16-11-12-21-15-16)20(23)18-9-5-6-10-19(18)25-17-7-3-2-4-8-17;/h2-10,16,21H,11-15H2,1H3;1H/t16-;/m0./s1. The molecule has 1 aliphatic rings. The summed E-state index contributed by atoms with van der Waals surface area (Å²) in [5, 5.41) is 3.32. The summed E-state index contributed by atoms with van der Waals surface area (Å²) in [4.78, 5) is 15.1. The molecule has 1 N–H and O–H groups in total. The lowest BCUT2D eigenvalue weighted by atomic mass is 10.1. The van der Waals surface area contributed by atoms with Crippen molar-refractivity contribution in [1.29, 1.82) is 0 Å². The van der Waals surface area contributed by atoms with Gasteiger partial charge < -0.3 is 19.7 Å². The van der Waals surface area contributed by atoms with E-state index in [1.807, 2.05) is 59.5 Å². The maximum atomic E-state index is 13.2. The number of carbonyl (C=O) groups excluding carboxylic acids is 1. The molecule has 0 saturated carbocycles. The van der Waals surface area contributed by atoms with Crippen LogP contribution in [-0.4, -0.2) is 50.2 Å². The van der Waals surface area contributed by atoms with Gasteiger partial charge in [-0.3, -0.25) is 4.79 Å². The minimum absolute atomic E-state index is 0. The fourth-order valence-electron chi connectivity index (χ4n) is 3.05. The van der Waals surface area contributed by atoms with Gasteiger partial charge in [-0.25, -0.2) is 0 Å². The summed E-state index contributed by atoms with van der Waals surface area (Å²) in [5.41, 5.74) is 0.578. The number of halogens is 1. The van der Waals surface area contributed by atoms with Gasteiger partial charge in [0.15, 0.2) is 0 Å². The zero-order valence-corrected chi connectivity index (χ0v) is 15.7. The van der Waals surface area contributed by atoms with E-state index >= 15 is 0 Å². The lowest BCUT2D eigenvalue weighted by Crippen LogP contribution is -2.43. The molecule has 1 atom stereocenters. The van der Waals surface area contributed by atoms with Crippen molar-refractivity contribution in [3.05, 3.63) is 60.2 Å². The third-order valence-electron chi connectivity index (χ3n) is 4.36. The Labute approximate surface area is 160 Å². The predicted octanol–water partition coefficient (Wildman–Crippen LogP) is 3.35. The first-order valence-corrected chi connectivity index (χ1v) is 8.62. The molecule has 6 heteroatoms. The molecule has 2 aromatic rings. The monoisotopic (exact) mass is 376 g/mol. The molecule has 0 unspecified atom stereocenters. The Kier molecular flexibility index (Phi) is 7.91. The quantitative estimate of drug-likeness (QED) is 0.805. The molecule has 26 heavy (non-hydrogen) atoms.